The van der Waals surface area contributed by atoms with Crippen LogP contribution in [0, 0.1) is 11.3 Å². The van der Waals surface area contributed by atoms with Crippen molar-refractivity contribution >= 4 is 0 Å². The van der Waals surface area contributed by atoms with Crippen molar-refractivity contribution in [3.8, 4) is 6.07 Å². The third-order valence-corrected chi connectivity index (χ3v) is 2.48. The van der Waals surface area contributed by atoms with Crippen LogP contribution in [0.3, 0.4) is 0 Å². The molecule has 3 nitrogen and oxygen atoms in total. The van der Waals surface area contributed by atoms with Crippen LogP contribution in [-0.4, -0.2) is 35.7 Å². The molecular formula is C9H16N2O. The van der Waals surface area contributed by atoms with Gasteiger partial charge in [0.15, 0.2) is 0 Å². The topological polar surface area (TPSA) is 47.3 Å². The van der Waals surface area contributed by atoms with E-state index in [0.29, 0.717) is 6.54 Å². The van der Waals surface area contributed by atoms with E-state index in [9.17, 15) is 0 Å². The first kappa shape index (κ1) is 9.50. The quantitative estimate of drug-likeness (QED) is 0.619. The maximum Gasteiger partial charge on any atom is 0.0869 e. The Labute approximate surface area is 73.6 Å². The van der Waals surface area contributed by atoms with Crippen LogP contribution >= 0.6 is 0 Å². The molecule has 0 radical (unpaired) electrons. The molecule has 1 fully saturated rings. The van der Waals surface area contributed by atoms with E-state index in [1.165, 1.54) is 12.8 Å². The molecule has 0 saturated carbocycles. The lowest BCUT2D eigenvalue weighted by molar-refractivity contribution is 0.137. The first-order valence-corrected chi connectivity index (χ1v) is 4.60. The zero-order valence-electron chi connectivity index (χ0n) is 7.37. The molecule has 0 aliphatic carbocycles. The van der Waals surface area contributed by atoms with Crippen LogP contribution in [0.4, 0.5) is 0 Å². The summed E-state index contributed by atoms with van der Waals surface area (Å²) in [5.41, 5.74) is 0. The predicted octanol–water partition coefficient (Wildman–Crippen LogP) is 0.747. The maximum absolute atomic E-state index is 9.06. The van der Waals surface area contributed by atoms with E-state index in [1.54, 1.807) is 0 Å². The Morgan fingerprint density at radius 3 is 2.92 bits per heavy atom. The summed E-state index contributed by atoms with van der Waals surface area (Å²) in [6.45, 7) is 1.63. The minimum absolute atomic E-state index is 0.196. The lowest BCUT2D eigenvalue weighted by atomic mass is 10.1. The fraction of sp³-hybridized carbons (Fsp3) is 0.889. The number of aliphatic hydroxyl groups excluding tert-OH is 1. The first-order valence-electron chi connectivity index (χ1n) is 4.60. The average molecular weight is 168 g/mol. The summed E-state index contributed by atoms with van der Waals surface area (Å²) in [6, 6.07) is 2.37. The lowest BCUT2D eigenvalue weighted by Gasteiger charge is -2.25. The highest BCUT2D eigenvalue weighted by molar-refractivity contribution is 4.83. The van der Waals surface area contributed by atoms with Crippen LogP contribution in [0.2, 0.25) is 0 Å². The summed E-state index contributed by atoms with van der Waals surface area (Å²) in [5, 5.41) is 17.6. The number of aliphatic hydroxyl groups is 1. The molecule has 0 bridgehead atoms. The molecule has 1 aliphatic heterocycles. The number of rotatable bonds is 2. The number of likely N-dealkylation sites (tertiary alicyclic amines) is 1. The Balaban J connectivity index is 2.46. The van der Waals surface area contributed by atoms with Crippen molar-refractivity contribution in [2.45, 2.75) is 31.7 Å². The molecule has 68 valence electrons. The van der Waals surface area contributed by atoms with Crippen LogP contribution in [0.25, 0.3) is 0 Å². The van der Waals surface area contributed by atoms with Crippen molar-refractivity contribution in [2.75, 3.05) is 19.7 Å². The zero-order chi connectivity index (χ0) is 8.81. The van der Waals surface area contributed by atoms with Gasteiger partial charge in [-0.3, -0.25) is 4.90 Å². The molecule has 3 heteroatoms. The smallest absolute Gasteiger partial charge is 0.0869 e. The molecule has 1 N–H and O–H groups in total. The van der Waals surface area contributed by atoms with Gasteiger partial charge in [-0.2, -0.15) is 5.26 Å². The van der Waals surface area contributed by atoms with Gasteiger partial charge in [-0.1, -0.05) is 12.8 Å². The fourth-order valence-corrected chi connectivity index (χ4v) is 1.74. The largest absolute Gasteiger partial charge is 0.395 e. The molecule has 0 amide bonds. The lowest BCUT2D eigenvalue weighted by Crippen LogP contribution is -2.37. The highest BCUT2D eigenvalue weighted by atomic mass is 16.3. The predicted molar refractivity (Wildman–Crippen MR) is 46.5 cm³/mol. The van der Waals surface area contributed by atoms with Gasteiger partial charge in [-0.05, 0) is 19.4 Å². The Morgan fingerprint density at radius 1 is 1.42 bits per heavy atom. The second-order valence-electron chi connectivity index (χ2n) is 3.31. The molecule has 1 heterocycles. The minimum atomic E-state index is 0.196. The van der Waals surface area contributed by atoms with E-state index in [-0.39, 0.29) is 12.6 Å². The first-order chi connectivity index (χ1) is 5.88. The van der Waals surface area contributed by atoms with Crippen LogP contribution in [0.1, 0.15) is 25.7 Å². The van der Waals surface area contributed by atoms with Gasteiger partial charge in [0.2, 0.25) is 0 Å². The normalized spacial score (nSPS) is 26.2. The van der Waals surface area contributed by atoms with E-state index < -0.39 is 0 Å². The summed E-state index contributed by atoms with van der Waals surface area (Å²) in [7, 11) is 0. The monoisotopic (exact) mass is 168 g/mol. The van der Waals surface area contributed by atoms with Gasteiger partial charge < -0.3 is 5.11 Å². The third-order valence-electron chi connectivity index (χ3n) is 2.48. The summed E-state index contributed by atoms with van der Waals surface area (Å²) >= 11 is 0. The van der Waals surface area contributed by atoms with E-state index >= 15 is 0 Å². The number of nitrogens with zero attached hydrogens (tertiary/aromatic N) is 2. The van der Waals surface area contributed by atoms with E-state index in [0.717, 1.165) is 19.4 Å². The number of nitriles is 1. The van der Waals surface area contributed by atoms with Gasteiger partial charge in [0.1, 0.15) is 0 Å². The zero-order valence-corrected chi connectivity index (χ0v) is 7.37. The summed E-state index contributed by atoms with van der Waals surface area (Å²) in [6.07, 6.45) is 4.63. The van der Waals surface area contributed by atoms with Gasteiger partial charge in [-0.15, -0.1) is 0 Å². The molecule has 1 aliphatic rings. The Bertz CT molecular complexity index is 164. The van der Waals surface area contributed by atoms with Gasteiger partial charge in [-0.25, -0.2) is 0 Å². The molecule has 1 saturated heterocycles. The van der Waals surface area contributed by atoms with Crippen molar-refractivity contribution < 1.29 is 5.11 Å². The van der Waals surface area contributed by atoms with Gasteiger partial charge in [0, 0.05) is 6.04 Å². The van der Waals surface area contributed by atoms with E-state index in [4.69, 9.17) is 10.4 Å². The highest BCUT2D eigenvalue weighted by Gasteiger charge is 2.19. The Morgan fingerprint density at radius 2 is 2.25 bits per heavy atom. The molecule has 1 rings (SSSR count). The van der Waals surface area contributed by atoms with E-state index in [2.05, 4.69) is 11.0 Å². The molecule has 1 atom stereocenters. The number of hydrogen-bond donors (Lipinski definition) is 1. The van der Waals surface area contributed by atoms with Crippen molar-refractivity contribution in [3.05, 3.63) is 0 Å². The molecular weight excluding hydrogens is 152 g/mol. The van der Waals surface area contributed by atoms with Crippen molar-refractivity contribution in [1.82, 2.24) is 4.90 Å². The molecule has 0 spiro atoms. The van der Waals surface area contributed by atoms with Crippen molar-refractivity contribution in [1.29, 1.82) is 5.26 Å². The van der Waals surface area contributed by atoms with Gasteiger partial charge in [0.25, 0.3) is 0 Å². The molecule has 12 heavy (non-hydrogen) atoms. The Hall–Kier alpha value is -0.590. The average Bonchev–Trinajstić information content (AvgIpc) is 2.30. The molecule has 0 aromatic heterocycles. The van der Waals surface area contributed by atoms with Crippen molar-refractivity contribution in [2.24, 2.45) is 0 Å². The van der Waals surface area contributed by atoms with Crippen molar-refractivity contribution in [3.63, 3.8) is 0 Å². The maximum atomic E-state index is 9.06. The highest BCUT2D eigenvalue weighted by Crippen LogP contribution is 2.15. The minimum Gasteiger partial charge on any atom is -0.395 e. The van der Waals surface area contributed by atoms with Crippen LogP contribution < -0.4 is 0 Å². The Kier molecular flexibility index (Phi) is 4.06. The van der Waals surface area contributed by atoms with Gasteiger partial charge in [0.05, 0.1) is 19.2 Å². The molecule has 0 aromatic rings. The number of hydrogen-bond acceptors (Lipinski definition) is 3. The third kappa shape index (κ3) is 2.47. The van der Waals surface area contributed by atoms with Crippen LogP contribution in [0.5, 0.6) is 0 Å². The second-order valence-corrected chi connectivity index (χ2v) is 3.31. The van der Waals surface area contributed by atoms with Crippen LogP contribution in [-0.2, 0) is 0 Å². The molecule has 1 unspecified atom stereocenters. The summed E-state index contributed by atoms with van der Waals surface area (Å²) in [4.78, 5) is 2.09. The van der Waals surface area contributed by atoms with E-state index in [1.807, 2.05) is 0 Å². The summed E-state index contributed by atoms with van der Waals surface area (Å²) < 4.78 is 0. The fourth-order valence-electron chi connectivity index (χ4n) is 1.74. The summed E-state index contributed by atoms with van der Waals surface area (Å²) in [5.74, 6) is 0. The van der Waals surface area contributed by atoms with Gasteiger partial charge >= 0.3 is 0 Å². The second kappa shape index (κ2) is 5.13. The standard InChI is InChI=1S/C9H16N2O/c10-5-7-11-6-3-1-2-4-9(11)8-12/h9,12H,1-4,6-8H2. The van der Waals surface area contributed by atoms with Crippen LogP contribution in [0.15, 0.2) is 0 Å². The molecule has 0 aromatic carbocycles. The SMILES string of the molecule is N#CCN1CCCCCC1CO.